The minimum Gasteiger partial charge on any atom is -0.467 e. The van der Waals surface area contributed by atoms with Crippen molar-refractivity contribution in [2.24, 2.45) is 28.6 Å². The molecule has 10 nitrogen and oxygen atoms in total. The Morgan fingerprint density at radius 1 is 1.05 bits per heavy atom. The molecule has 3 N–H and O–H groups in total. The van der Waals surface area contributed by atoms with E-state index >= 15 is 0 Å². The van der Waals surface area contributed by atoms with E-state index in [9.17, 15) is 34.2 Å². The van der Waals surface area contributed by atoms with Crippen LogP contribution in [0.2, 0.25) is 0 Å². The molecule has 0 spiro atoms. The summed E-state index contributed by atoms with van der Waals surface area (Å²) in [5, 5.41) is 26.0. The number of hydrogen-bond donors (Lipinski definition) is 3. The number of Topliss-reactive ketones (excluding diaryl/α,β-unsaturated/α-hetero) is 1. The van der Waals surface area contributed by atoms with Crippen LogP contribution in [0.4, 0.5) is 0 Å². The lowest BCUT2D eigenvalue weighted by Gasteiger charge is -2.60. The Morgan fingerprint density at radius 2 is 1.77 bits per heavy atom. The highest BCUT2D eigenvalue weighted by Gasteiger charge is 2.68. The van der Waals surface area contributed by atoms with E-state index in [0.717, 1.165) is 18.4 Å². The quantitative estimate of drug-likeness (QED) is 0.358. The van der Waals surface area contributed by atoms with Crippen LogP contribution in [0.5, 0.6) is 0 Å². The van der Waals surface area contributed by atoms with E-state index in [0.29, 0.717) is 24.8 Å². The van der Waals surface area contributed by atoms with Crippen LogP contribution in [0.1, 0.15) is 83.2 Å². The summed E-state index contributed by atoms with van der Waals surface area (Å²) in [5.74, 6) is -2.39. The van der Waals surface area contributed by atoms with Crippen molar-refractivity contribution in [3.63, 3.8) is 0 Å². The topological polar surface area (TPSA) is 156 Å². The Bertz CT molecular complexity index is 1360. The van der Waals surface area contributed by atoms with Gasteiger partial charge in [0.1, 0.15) is 5.60 Å². The van der Waals surface area contributed by atoms with Crippen molar-refractivity contribution in [1.82, 2.24) is 5.32 Å². The molecule has 8 atom stereocenters. The van der Waals surface area contributed by atoms with Crippen LogP contribution in [0, 0.1) is 28.6 Å². The van der Waals surface area contributed by atoms with Crippen LogP contribution >= 0.6 is 0 Å². The van der Waals surface area contributed by atoms with E-state index < -0.39 is 53.4 Å². The van der Waals surface area contributed by atoms with Gasteiger partial charge in [0.2, 0.25) is 11.7 Å². The molecule has 0 heterocycles. The molecular weight excluding hydrogens is 566 g/mol. The van der Waals surface area contributed by atoms with Gasteiger partial charge < -0.3 is 25.0 Å². The molecular formula is C34H43NO9. The van der Waals surface area contributed by atoms with E-state index in [1.807, 2.05) is 6.92 Å². The van der Waals surface area contributed by atoms with Crippen molar-refractivity contribution in [2.75, 3.05) is 13.7 Å². The van der Waals surface area contributed by atoms with Gasteiger partial charge in [0.25, 0.3) is 0 Å². The molecule has 0 saturated heterocycles. The Hall–Kier alpha value is -3.37. The van der Waals surface area contributed by atoms with Gasteiger partial charge in [0.05, 0.1) is 19.6 Å². The van der Waals surface area contributed by atoms with Crippen LogP contribution in [0.25, 0.3) is 0 Å². The fourth-order valence-corrected chi connectivity index (χ4v) is 8.98. The lowest BCUT2D eigenvalue weighted by molar-refractivity contribution is -0.184. The van der Waals surface area contributed by atoms with E-state index in [1.165, 1.54) is 7.11 Å². The highest BCUT2D eigenvalue weighted by molar-refractivity contribution is 5.92. The molecule has 1 amide bonds. The monoisotopic (exact) mass is 609 g/mol. The number of carbonyl (C=O) groups is 5. The molecule has 4 aliphatic rings. The zero-order valence-corrected chi connectivity index (χ0v) is 25.7. The van der Waals surface area contributed by atoms with Crippen molar-refractivity contribution in [3.05, 3.63) is 47.5 Å². The van der Waals surface area contributed by atoms with E-state index in [4.69, 9.17) is 9.47 Å². The number of aliphatic hydroxyl groups excluding tert-OH is 1. The van der Waals surface area contributed by atoms with Crippen LogP contribution in [-0.4, -0.2) is 65.0 Å². The normalized spacial score (nSPS) is 34.8. The molecule has 3 fully saturated rings. The molecule has 238 valence electrons. The Kier molecular flexibility index (Phi) is 8.88. The van der Waals surface area contributed by atoms with Crippen molar-refractivity contribution < 1.29 is 43.7 Å². The molecule has 1 aromatic carbocycles. The molecule has 0 aromatic heterocycles. The van der Waals surface area contributed by atoms with Crippen molar-refractivity contribution in [1.29, 1.82) is 0 Å². The summed E-state index contributed by atoms with van der Waals surface area (Å²) in [6, 6.07) is 7.54. The van der Waals surface area contributed by atoms with E-state index in [1.54, 1.807) is 36.4 Å². The molecule has 0 radical (unpaired) electrons. The van der Waals surface area contributed by atoms with Crippen molar-refractivity contribution in [2.45, 2.75) is 89.4 Å². The van der Waals surface area contributed by atoms with Gasteiger partial charge >= 0.3 is 11.9 Å². The van der Waals surface area contributed by atoms with Crippen LogP contribution in [0.3, 0.4) is 0 Å². The van der Waals surface area contributed by atoms with Gasteiger partial charge in [-0.3, -0.25) is 19.2 Å². The number of rotatable bonds is 9. The number of aliphatic hydroxyl groups is 2. The average molecular weight is 610 g/mol. The summed E-state index contributed by atoms with van der Waals surface area (Å²) in [7, 11) is 1.22. The molecule has 1 aromatic rings. The number of methoxy groups -OCH3 is 1. The predicted molar refractivity (Wildman–Crippen MR) is 158 cm³/mol. The molecule has 4 aliphatic carbocycles. The third-order valence-electron chi connectivity index (χ3n) is 11.3. The van der Waals surface area contributed by atoms with E-state index in [2.05, 4.69) is 12.2 Å². The average Bonchev–Trinajstić information content (AvgIpc) is 3.28. The fraction of sp³-hybridized carbons (Fsp3) is 0.618. The third-order valence-corrected chi connectivity index (χ3v) is 11.3. The summed E-state index contributed by atoms with van der Waals surface area (Å²) in [6.45, 7) is 3.39. The van der Waals surface area contributed by atoms with Gasteiger partial charge in [-0.05, 0) is 73.3 Å². The second-order valence-corrected chi connectivity index (χ2v) is 13.5. The van der Waals surface area contributed by atoms with Gasteiger partial charge in [-0.2, -0.15) is 0 Å². The zero-order valence-electron chi connectivity index (χ0n) is 25.7. The molecule has 0 unspecified atom stereocenters. The molecule has 3 saturated carbocycles. The number of allylic oxidation sites excluding steroid dienone is 1. The van der Waals surface area contributed by atoms with Crippen LogP contribution in [-0.2, 0) is 33.4 Å². The number of amides is 1. The molecule has 0 aliphatic heterocycles. The second-order valence-electron chi connectivity index (χ2n) is 13.5. The molecule has 0 bridgehead atoms. The number of carbonyl (C=O) groups excluding carboxylic acids is 5. The summed E-state index contributed by atoms with van der Waals surface area (Å²) < 4.78 is 10.0. The lowest BCUT2D eigenvalue weighted by atomic mass is 9.45. The molecule has 10 heteroatoms. The van der Waals surface area contributed by atoms with Crippen molar-refractivity contribution >= 4 is 29.4 Å². The maximum absolute atomic E-state index is 13.5. The summed E-state index contributed by atoms with van der Waals surface area (Å²) in [6.07, 6.45) is 4.25. The third kappa shape index (κ3) is 5.51. The fourth-order valence-electron chi connectivity index (χ4n) is 8.98. The first-order chi connectivity index (χ1) is 20.8. The first kappa shape index (κ1) is 32.0. The summed E-state index contributed by atoms with van der Waals surface area (Å²) >= 11 is 0. The minimum absolute atomic E-state index is 0.00706. The van der Waals surface area contributed by atoms with Gasteiger partial charge in [0, 0.05) is 18.3 Å². The van der Waals surface area contributed by atoms with Crippen molar-refractivity contribution in [3.8, 4) is 0 Å². The lowest BCUT2D eigenvalue weighted by Crippen LogP contribution is -2.62. The van der Waals surface area contributed by atoms with Crippen LogP contribution < -0.4 is 5.32 Å². The standard InChI is InChI=1S/C34H43NO9/c1-32-15-13-22(36)17-21(32)9-10-23-24-14-16-34(42,33(24,2)18-25(37)29(23)32)26(38)19-44-28(40)12-11-27(39)35-30(31(41)43-3)20-7-5-4-6-8-20/h4-8,17,23-25,29-30,37,42H,9-16,18-19H2,1-3H3,(H,35,39)/t23-,24+,25+,29-,30+,32+,33-,34+/m1/s1. The number of esters is 2. The number of benzene rings is 1. The number of ketones is 2. The number of ether oxygens (including phenoxy) is 2. The summed E-state index contributed by atoms with van der Waals surface area (Å²) in [5.41, 5.74) is -1.28. The van der Waals surface area contributed by atoms with Gasteiger partial charge in [0.15, 0.2) is 18.4 Å². The Morgan fingerprint density at radius 3 is 2.48 bits per heavy atom. The number of fused-ring (bicyclic) bond motifs is 5. The minimum atomic E-state index is -1.76. The first-order valence-electron chi connectivity index (χ1n) is 15.6. The maximum atomic E-state index is 13.5. The van der Waals surface area contributed by atoms with Gasteiger partial charge in [-0.15, -0.1) is 0 Å². The first-order valence-corrected chi connectivity index (χ1v) is 15.6. The van der Waals surface area contributed by atoms with Gasteiger partial charge in [-0.1, -0.05) is 49.8 Å². The highest BCUT2D eigenvalue weighted by Crippen LogP contribution is 2.67. The van der Waals surface area contributed by atoms with Gasteiger partial charge in [-0.25, -0.2) is 4.79 Å². The number of hydrogen-bond acceptors (Lipinski definition) is 9. The smallest absolute Gasteiger partial charge is 0.333 e. The zero-order chi connectivity index (χ0) is 31.9. The largest absolute Gasteiger partial charge is 0.467 e. The summed E-state index contributed by atoms with van der Waals surface area (Å²) in [4.78, 5) is 62.9. The van der Waals surface area contributed by atoms with E-state index in [-0.39, 0.29) is 54.6 Å². The second kappa shape index (κ2) is 12.2. The molecule has 5 rings (SSSR count). The predicted octanol–water partition coefficient (Wildman–Crippen LogP) is 3.14. The Labute approximate surface area is 257 Å². The SMILES string of the molecule is COC(=O)[C@@H](NC(=O)CCC(=O)OCC(=O)[C@@]1(O)CC[C@H]2[C@H]3CCC4=CC(=O)CC[C@]4(C)[C@H]3[C@@H](O)C[C@]21C)c1ccccc1. The highest BCUT2D eigenvalue weighted by atomic mass is 16.5. The molecule has 44 heavy (non-hydrogen) atoms. The Balaban J connectivity index is 1.18. The van der Waals surface area contributed by atoms with Crippen LogP contribution in [0.15, 0.2) is 42.0 Å². The maximum Gasteiger partial charge on any atom is 0.333 e. The number of nitrogens with one attached hydrogen (secondary N) is 1.